The number of hydrogen-bond acceptors (Lipinski definition) is 6. The van der Waals surface area contributed by atoms with Crippen molar-refractivity contribution in [3.63, 3.8) is 0 Å². The van der Waals surface area contributed by atoms with Crippen LogP contribution in [0.2, 0.25) is 0 Å². The molecule has 0 aromatic heterocycles. The third-order valence-corrected chi connectivity index (χ3v) is 1.45. The standard InChI is InChI=1S/C6H8N2O8.2Na/c9-3(10)7(4(11)12)1-2-8(5(13)14)6(15)16;;/h1-2H2,(H,9,10)(H,11,12)(H,13,14)(H,15,16);;/q;2*+1/p-2. The molecule has 90 valence electrons. The summed E-state index contributed by atoms with van der Waals surface area (Å²) in [6.45, 7) is -1.78. The summed E-state index contributed by atoms with van der Waals surface area (Å²) in [7, 11) is 0. The predicted octanol–water partition coefficient (Wildman–Crippen LogP) is -8.36. The molecule has 0 atom stereocenters. The molecule has 0 aliphatic heterocycles. The number of nitrogens with zero attached hydrogens (tertiary/aromatic N) is 2. The predicted molar refractivity (Wildman–Crippen MR) is 40.3 cm³/mol. The second kappa shape index (κ2) is 10.4. The van der Waals surface area contributed by atoms with E-state index in [-0.39, 0.29) is 68.9 Å². The van der Waals surface area contributed by atoms with E-state index in [1.165, 1.54) is 0 Å². The van der Waals surface area contributed by atoms with Crippen LogP contribution in [0.3, 0.4) is 0 Å². The van der Waals surface area contributed by atoms with E-state index in [0.29, 0.717) is 0 Å². The quantitative estimate of drug-likeness (QED) is 0.481. The van der Waals surface area contributed by atoms with Crippen LogP contribution in [0.5, 0.6) is 0 Å². The molecule has 2 N–H and O–H groups in total. The zero-order chi connectivity index (χ0) is 12.9. The summed E-state index contributed by atoms with van der Waals surface area (Å²) < 4.78 is 0. The summed E-state index contributed by atoms with van der Waals surface area (Å²) in [5, 5.41) is 37.0. The van der Waals surface area contributed by atoms with Crippen LogP contribution in [0, 0.1) is 0 Å². The van der Waals surface area contributed by atoms with Gasteiger partial charge in [-0.25, -0.2) is 14.5 Å². The van der Waals surface area contributed by atoms with Crippen LogP contribution in [0.25, 0.3) is 0 Å². The molecular weight excluding hydrogens is 274 g/mol. The molecule has 18 heavy (non-hydrogen) atoms. The molecule has 0 heterocycles. The van der Waals surface area contributed by atoms with Crippen molar-refractivity contribution >= 4 is 24.4 Å². The summed E-state index contributed by atoms with van der Waals surface area (Å²) >= 11 is 0. The van der Waals surface area contributed by atoms with Gasteiger partial charge in [0.05, 0.1) is 6.54 Å². The third kappa shape index (κ3) is 7.74. The van der Waals surface area contributed by atoms with Crippen LogP contribution in [0.15, 0.2) is 0 Å². The molecule has 0 fully saturated rings. The normalized spacial score (nSPS) is 8.22. The van der Waals surface area contributed by atoms with Gasteiger partial charge in [0.1, 0.15) is 12.2 Å². The van der Waals surface area contributed by atoms with Crippen LogP contribution >= 0.6 is 0 Å². The first kappa shape index (κ1) is 22.6. The fourth-order valence-corrected chi connectivity index (χ4v) is 0.730. The molecule has 0 aliphatic rings. The van der Waals surface area contributed by atoms with Gasteiger partial charge in [0.15, 0.2) is 0 Å². The summed E-state index contributed by atoms with van der Waals surface area (Å²) in [6.07, 6.45) is -7.97. The van der Waals surface area contributed by atoms with Crippen LogP contribution in [0.4, 0.5) is 19.2 Å². The SMILES string of the molecule is O=C([O-])N(CCN(C(=O)O)C(=O)O)C(=O)[O-].[Na+].[Na+]. The number of carboxylic acid groups (broad SMARTS) is 4. The molecule has 0 rings (SSSR count). The topological polar surface area (TPSA) is 161 Å². The van der Waals surface area contributed by atoms with E-state index < -0.39 is 37.5 Å². The smallest absolute Gasteiger partial charge is 0.530 e. The summed E-state index contributed by atoms with van der Waals surface area (Å²) in [4.78, 5) is 40.4. The van der Waals surface area contributed by atoms with E-state index in [1.54, 1.807) is 0 Å². The van der Waals surface area contributed by atoms with E-state index in [0.717, 1.165) is 0 Å². The van der Waals surface area contributed by atoms with Crippen molar-refractivity contribution < 1.29 is 98.7 Å². The fourth-order valence-electron chi connectivity index (χ4n) is 0.730. The number of imide groups is 2. The minimum Gasteiger partial charge on any atom is -0.530 e. The maximum Gasteiger partial charge on any atom is 1.00 e. The monoisotopic (exact) mass is 280 g/mol. The van der Waals surface area contributed by atoms with Crippen LogP contribution in [-0.4, -0.2) is 57.5 Å². The van der Waals surface area contributed by atoms with Crippen molar-refractivity contribution in [2.75, 3.05) is 13.1 Å². The first-order chi connectivity index (χ1) is 7.27. The molecule has 10 nitrogen and oxygen atoms in total. The summed E-state index contributed by atoms with van der Waals surface area (Å²) in [5.74, 6) is 0. The van der Waals surface area contributed by atoms with E-state index in [1.807, 2.05) is 0 Å². The van der Waals surface area contributed by atoms with Gasteiger partial charge in [0, 0.05) is 6.54 Å². The van der Waals surface area contributed by atoms with Gasteiger partial charge >= 0.3 is 71.3 Å². The molecule has 12 heteroatoms. The van der Waals surface area contributed by atoms with Gasteiger partial charge in [-0.1, -0.05) is 0 Å². The number of hydrogen-bond donors (Lipinski definition) is 2. The third-order valence-electron chi connectivity index (χ3n) is 1.45. The number of carbonyl (C=O) groups excluding carboxylic acids is 2. The average molecular weight is 280 g/mol. The van der Waals surface area contributed by atoms with Crippen molar-refractivity contribution in [3.8, 4) is 0 Å². The van der Waals surface area contributed by atoms with Gasteiger partial charge in [0.2, 0.25) is 0 Å². The average Bonchev–Trinajstić information content (AvgIpc) is 2.09. The van der Waals surface area contributed by atoms with Crippen molar-refractivity contribution in [2.24, 2.45) is 0 Å². The molecule has 0 aromatic carbocycles. The van der Waals surface area contributed by atoms with Gasteiger partial charge in [-0.05, 0) is 0 Å². The Hall–Kier alpha value is -0.520. The second-order valence-corrected chi connectivity index (χ2v) is 2.40. The van der Waals surface area contributed by atoms with Crippen molar-refractivity contribution in [1.29, 1.82) is 0 Å². The zero-order valence-corrected chi connectivity index (χ0v) is 13.7. The molecule has 0 aliphatic carbocycles. The largest absolute Gasteiger partial charge is 1.00 e. The second-order valence-electron chi connectivity index (χ2n) is 2.40. The number of carbonyl (C=O) groups is 4. The fraction of sp³-hybridized carbons (Fsp3) is 0.333. The van der Waals surface area contributed by atoms with Crippen LogP contribution in [-0.2, 0) is 0 Å². The Labute approximate surface area is 145 Å². The molecule has 0 saturated carbocycles. The van der Waals surface area contributed by atoms with Crippen molar-refractivity contribution in [3.05, 3.63) is 0 Å². The molecule has 0 saturated heterocycles. The van der Waals surface area contributed by atoms with E-state index in [9.17, 15) is 29.4 Å². The Bertz CT molecular complexity index is 276. The Balaban J connectivity index is -0.00000112. The van der Waals surface area contributed by atoms with Crippen molar-refractivity contribution in [1.82, 2.24) is 9.80 Å². The van der Waals surface area contributed by atoms with Crippen molar-refractivity contribution in [2.45, 2.75) is 0 Å². The molecule has 0 spiro atoms. The minimum absolute atomic E-state index is 0. The van der Waals surface area contributed by atoms with Gasteiger partial charge in [-0.3, -0.25) is 0 Å². The maximum atomic E-state index is 10.3. The van der Waals surface area contributed by atoms with E-state index in [2.05, 4.69) is 0 Å². The molecule has 4 amide bonds. The van der Waals surface area contributed by atoms with E-state index >= 15 is 0 Å². The minimum atomic E-state index is -2.13. The van der Waals surface area contributed by atoms with Gasteiger partial charge in [-0.2, -0.15) is 0 Å². The maximum absolute atomic E-state index is 10.3. The Morgan fingerprint density at radius 3 is 1.28 bits per heavy atom. The number of rotatable bonds is 3. The number of amides is 4. The molecular formula is C6H6N2Na2O8. The summed E-state index contributed by atoms with van der Waals surface area (Å²) in [5.41, 5.74) is 0. The van der Waals surface area contributed by atoms with Gasteiger partial charge in [0.25, 0.3) is 0 Å². The molecule has 0 aromatic rings. The van der Waals surface area contributed by atoms with Crippen LogP contribution < -0.4 is 69.3 Å². The summed E-state index contributed by atoms with van der Waals surface area (Å²) in [6, 6.07) is 0. The molecule has 0 unspecified atom stereocenters. The van der Waals surface area contributed by atoms with E-state index in [4.69, 9.17) is 10.2 Å². The van der Waals surface area contributed by atoms with Gasteiger partial charge < -0.3 is 34.9 Å². The zero-order valence-electron chi connectivity index (χ0n) is 9.65. The first-order valence-electron chi connectivity index (χ1n) is 3.70. The Kier molecular flexibility index (Phi) is 13.1. The van der Waals surface area contributed by atoms with Crippen LogP contribution in [0.1, 0.15) is 0 Å². The molecule has 0 radical (unpaired) electrons. The molecule has 0 bridgehead atoms. The Morgan fingerprint density at radius 1 is 0.778 bits per heavy atom. The Morgan fingerprint density at radius 2 is 1.06 bits per heavy atom. The first-order valence-corrected chi connectivity index (χ1v) is 3.70. The van der Waals surface area contributed by atoms with Gasteiger partial charge in [-0.15, -0.1) is 0 Å².